The number of hydrogen-bond donors (Lipinski definition) is 1. The van der Waals surface area contributed by atoms with Gasteiger partial charge in [-0.25, -0.2) is 4.98 Å². The quantitative estimate of drug-likeness (QED) is 0.601. The summed E-state index contributed by atoms with van der Waals surface area (Å²) in [5.74, 6) is 1.19. The number of benzene rings is 2. The summed E-state index contributed by atoms with van der Waals surface area (Å²) in [4.78, 5) is 17.3. The maximum Gasteiger partial charge on any atom is 0.196 e. The third-order valence-electron chi connectivity index (χ3n) is 4.10. The zero-order valence-electron chi connectivity index (χ0n) is 15.9. The number of carbonyl (C=O) groups excluding carboxylic acids is 1. The fourth-order valence-electron chi connectivity index (χ4n) is 2.71. The van der Waals surface area contributed by atoms with Crippen molar-refractivity contribution in [1.29, 1.82) is 0 Å². The molecule has 0 aliphatic rings. The monoisotopic (exact) mass is 360 g/mol. The van der Waals surface area contributed by atoms with Crippen LogP contribution >= 0.6 is 0 Å². The van der Waals surface area contributed by atoms with Crippen molar-refractivity contribution in [2.45, 2.75) is 33.4 Å². The van der Waals surface area contributed by atoms with Gasteiger partial charge in [0.15, 0.2) is 5.78 Å². The first kappa shape index (κ1) is 18.6. The van der Waals surface area contributed by atoms with Crippen LogP contribution in [-0.4, -0.2) is 16.8 Å². The third kappa shape index (κ3) is 4.94. The zero-order valence-corrected chi connectivity index (χ0v) is 15.9. The molecular weight excluding hydrogens is 336 g/mol. The Bertz CT molecular complexity index is 918. The molecule has 1 N–H and O–H groups in total. The molecule has 4 nitrogen and oxygen atoms in total. The molecule has 2 aromatic carbocycles. The lowest BCUT2D eigenvalue weighted by atomic mass is 10.0. The van der Waals surface area contributed by atoms with Crippen molar-refractivity contribution < 1.29 is 9.53 Å². The minimum Gasteiger partial charge on any atom is -0.489 e. The lowest BCUT2D eigenvalue weighted by molar-refractivity contribution is 0.103. The van der Waals surface area contributed by atoms with Crippen LogP contribution in [0.2, 0.25) is 0 Å². The largest absolute Gasteiger partial charge is 0.489 e. The first-order valence-electron chi connectivity index (χ1n) is 9.07. The average molecular weight is 360 g/mol. The van der Waals surface area contributed by atoms with E-state index in [0.29, 0.717) is 29.3 Å². The van der Waals surface area contributed by atoms with Gasteiger partial charge in [-0.1, -0.05) is 42.0 Å². The number of rotatable bonds is 7. The average Bonchev–Trinajstić information content (AvgIpc) is 2.67. The number of aryl methyl sites for hydroxylation is 1. The van der Waals surface area contributed by atoms with Gasteiger partial charge < -0.3 is 10.1 Å². The Morgan fingerprint density at radius 1 is 1.07 bits per heavy atom. The smallest absolute Gasteiger partial charge is 0.196 e. The number of pyridine rings is 1. The third-order valence-corrected chi connectivity index (χ3v) is 4.10. The summed E-state index contributed by atoms with van der Waals surface area (Å²) in [6, 6.07) is 19.2. The minimum absolute atomic E-state index is 0.0768. The number of hydrogen-bond acceptors (Lipinski definition) is 4. The van der Waals surface area contributed by atoms with Crippen molar-refractivity contribution in [3.8, 4) is 5.75 Å². The van der Waals surface area contributed by atoms with Gasteiger partial charge in [-0.15, -0.1) is 0 Å². The summed E-state index contributed by atoms with van der Waals surface area (Å²) in [6.45, 7) is 6.55. The predicted octanol–water partition coefficient (Wildman–Crippen LogP) is 5.02. The highest BCUT2D eigenvalue weighted by atomic mass is 16.5. The van der Waals surface area contributed by atoms with Crippen molar-refractivity contribution in [1.82, 2.24) is 4.98 Å². The number of aromatic nitrogens is 1. The van der Waals surface area contributed by atoms with Gasteiger partial charge in [0.05, 0.1) is 5.56 Å². The molecule has 0 bridgehead atoms. The van der Waals surface area contributed by atoms with Gasteiger partial charge in [-0.05, 0) is 50.6 Å². The minimum atomic E-state index is -0.0768. The molecule has 27 heavy (non-hydrogen) atoms. The first-order chi connectivity index (χ1) is 13.0. The van der Waals surface area contributed by atoms with Gasteiger partial charge in [-0.3, -0.25) is 4.79 Å². The highest BCUT2D eigenvalue weighted by Gasteiger charge is 2.15. The van der Waals surface area contributed by atoms with E-state index in [1.54, 1.807) is 30.5 Å². The molecule has 1 aromatic heterocycles. The van der Waals surface area contributed by atoms with E-state index in [1.165, 1.54) is 5.56 Å². The Kier molecular flexibility index (Phi) is 5.87. The van der Waals surface area contributed by atoms with Crippen LogP contribution in [0, 0.1) is 6.92 Å². The van der Waals surface area contributed by atoms with Gasteiger partial charge in [0.2, 0.25) is 0 Å². The second kappa shape index (κ2) is 8.49. The molecule has 4 heteroatoms. The molecule has 0 atom stereocenters. The van der Waals surface area contributed by atoms with Crippen molar-refractivity contribution >= 4 is 11.6 Å². The molecule has 138 valence electrons. The molecule has 0 spiro atoms. The molecular formula is C23H24N2O2. The summed E-state index contributed by atoms with van der Waals surface area (Å²) in [7, 11) is 0. The molecule has 0 fully saturated rings. The first-order valence-corrected chi connectivity index (χ1v) is 9.07. The zero-order chi connectivity index (χ0) is 19.2. The summed E-state index contributed by atoms with van der Waals surface area (Å²) in [5.41, 5.74) is 3.44. The van der Waals surface area contributed by atoms with Crippen LogP contribution in [0.3, 0.4) is 0 Å². The summed E-state index contributed by atoms with van der Waals surface area (Å²) >= 11 is 0. The number of anilines is 1. The van der Waals surface area contributed by atoms with Crippen LogP contribution in [0.25, 0.3) is 0 Å². The Hall–Kier alpha value is -3.14. The van der Waals surface area contributed by atoms with E-state index in [4.69, 9.17) is 4.74 Å². The van der Waals surface area contributed by atoms with E-state index in [-0.39, 0.29) is 11.8 Å². The normalized spacial score (nSPS) is 10.7. The lowest BCUT2D eigenvalue weighted by Crippen LogP contribution is -2.15. The van der Waals surface area contributed by atoms with Crippen LogP contribution in [0.1, 0.15) is 40.9 Å². The summed E-state index contributed by atoms with van der Waals surface area (Å²) in [5, 5.41) is 3.23. The van der Waals surface area contributed by atoms with E-state index in [0.717, 1.165) is 5.56 Å². The Labute approximate surface area is 160 Å². The molecule has 0 unspecified atom stereocenters. The van der Waals surface area contributed by atoms with E-state index in [9.17, 15) is 4.79 Å². The SMILES string of the molecule is Cc1ccc(COc2cccc(C(=O)c3cccnc3NC(C)C)c2)cc1. The topological polar surface area (TPSA) is 51.2 Å². The molecule has 0 aliphatic heterocycles. The number of carbonyl (C=O) groups is 1. The van der Waals surface area contributed by atoms with Gasteiger partial charge in [-0.2, -0.15) is 0 Å². The van der Waals surface area contributed by atoms with Crippen LogP contribution in [-0.2, 0) is 6.61 Å². The van der Waals surface area contributed by atoms with Crippen molar-refractivity contribution in [3.63, 3.8) is 0 Å². The number of nitrogens with one attached hydrogen (secondary N) is 1. The van der Waals surface area contributed by atoms with Gasteiger partial charge in [0.1, 0.15) is 18.2 Å². The van der Waals surface area contributed by atoms with Crippen molar-refractivity contribution in [2.75, 3.05) is 5.32 Å². The standard InChI is InChI=1S/C23H24N2O2/c1-16(2)25-23-21(8-5-13-24-23)22(26)19-6-4-7-20(14-19)27-15-18-11-9-17(3)10-12-18/h4-14,16H,15H2,1-3H3,(H,24,25). The Morgan fingerprint density at radius 3 is 2.59 bits per heavy atom. The van der Waals surface area contributed by atoms with Crippen molar-refractivity contribution in [2.24, 2.45) is 0 Å². The second-order valence-corrected chi connectivity index (χ2v) is 6.83. The summed E-state index contributed by atoms with van der Waals surface area (Å²) < 4.78 is 5.87. The highest BCUT2D eigenvalue weighted by Crippen LogP contribution is 2.21. The molecule has 0 radical (unpaired) electrons. The Morgan fingerprint density at radius 2 is 1.85 bits per heavy atom. The second-order valence-electron chi connectivity index (χ2n) is 6.83. The van der Waals surface area contributed by atoms with Crippen LogP contribution in [0.4, 0.5) is 5.82 Å². The number of nitrogens with zero attached hydrogens (tertiary/aromatic N) is 1. The number of ether oxygens (including phenoxy) is 1. The van der Waals surface area contributed by atoms with Crippen LogP contribution < -0.4 is 10.1 Å². The molecule has 3 aromatic rings. The van der Waals surface area contributed by atoms with Gasteiger partial charge >= 0.3 is 0 Å². The molecule has 0 saturated carbocycles. The van der Waals surface area contributed by atoms with Gasteiger partial charge in [0, 0.05) is 17.8 Å². The maximum atomic E-state index is 13.0. The van der Waals surface area contributed by atoms with Crippen LogP contribution in [0.5, 0.6) is 5.75 Å². The maximum absolute atomic E-state index is 13.0. The summed E-state index contributed by atoms with van der Waals surface area (Å²) in [6.07, 6.45) is 1.68. The molecule has 0 saturated heterocycles. The molecule has 3 rings (SSSR count). The van der Waals surface area contributed by atoms with E-state index >= 15 is 0 Å². The van der Waals surface area contributed by atoms with Crippen LogP contribution in [0.15, 0.2) is 66.9 Å². The van der Waals surface area contributed by atoms with Crippen molar-refractivity contribution in [3.05, 3.63) is 89.1 Å². The predicted molar refractivity (Wildman–Crippen MR) is 108 cm³/mol. The number of ketones is 1. The molecule has 0 aliphatic carbocycles. The molecule has 0 amide bonds. The lowest BCUT2D eigenvalue weighted by Gasteiger charge is -2.13. The fraction of sp³-hybridized carbons (Fsp3) is 0.217. The highest BCUT2D eigenvalue weighted by molar-refractivity contribution is 6.12. The van der Waals surface area contributed by atoms with Gasteiger partial charge in [0.25, 0.3) is 0 Å². The Balaban J connectivity index is 1.77. The fourth-order valence-corrected chi connectivity index (χ4v) is 2.71. The molecule has 1 heterocycles. The van der Waals surface area contributed by atoms with E-state index < -0.39 is 0 Å². The van der Waals surface area contributed by atoms with E-state index in [1.807, 2.05) is 38.1 Å². The van der Waals surface area contributed by atoms with E-state index in [2.05, 4.69) is 29.4 Å².